The minimum atomic E-state index is -0.235. The number of pyridine rings is 1. The smallest absolute Gasteiger partial charge is 0.251 e. The number of methoxy groups -OCH3 is 2. The Morgan fingerprint density at radius 1 is 1.21 bits per heavy atom. The number of amides is 1. The third kappa shape index (κ3) is 3.34. The molecule has 2 heterocycles. The highest BCUT2D eigenvalue weighted by atomic mass is 16.6. The normalized spacial score (nSPS) is 12.4. The molecule has 0 fully saturated rings. The maximum Gasteiger partial charge on any atom is 0.251 e. The largest absolute Gasteiger partial charge is 0.493 e. The van der Waals surface area contributed by atoms with E-state index in [1.807, 2.05) is 6.07 Å². The second kappa shape index (κ2) is 7.08. The van der Waals surface area contributed by atoms with E-state index in [-0.39, 0.29) is 5.91 Å². The highest BCUT2D eigenvalue weighted by molar-refractivity contribution is 5.95. The predicted octanol–water partition coefficient (Wildman–Crippen LogP) is 1.80. The molecule has 0 radical (unpaired) electrons. The highest BCUT2D eigenvalue weighted by Gasteiger charge is 2.20. The lowest BCUT2D eigenvalue weighted by molar-refractivity contribution is 0.0949. The fourth-order valence-electron chi connectivity index (χ4n) is 2.36. The van der Waals surface area contributed by atoms with Crippen LogP contribution in [0.3, 0.4) is 0 Å². The molecule has 1 aliphatic rings. The average Bonchev–Trinajstić information content (AvgIpc) is 2.65. The van der Waals surface area contributed by atoms with Crippen molar-refractivity contribution in [2.75, 3.05) is 27.4 Å². The zero-order valence-electron chi connectivity index (χ0n) is 13.5. The molecule has 0 atom stereocenters. The molecule has 7 heteroatoms. The van der Waals surface area contributed by atoms with Gasteiger partial charge in [0, 0.05) is 24.4 Å². The van der Waals surface area contributed by atoms with Crippen LogP contribution in [0, 0.1) is 0 Å². The summed E-state index contributed by atoms with van der Waals surface area (Å²) in [5.41, 5.74) is 1.33. The van der Waals surface area contributed by atoms with E-state index in [0.29, 0.717) is 48.5 Å². The number of benzene rings is 1. The summed E-state index contributed by atoms with van der Waals surface area (Å²) >= 11 is 0. The van der Waals surface area contributed by atoms with E-state index in [1.165, 1.54) is 7.11 Å². The number of aromatic nitrogens is 1. The fourth-order valence-corrected chi connectivity index (χ4v) is 2.36. The predicted molar refractivity (Wildman–Crippen MR) is 85.9 cm³/mol. The van der Waals surface area contributed by atoms with Crippen LogP contribution in [0.25, 0.3) is 0 Å². The summed E-state index contributed by atoms with van der Waals surface area (Å²) in [5, 5.41) is 2.85. The van der Waals surface area contributed by atoms with Gasteiger partial charge in [0.05, 0.1) is 14.2 Å². The molecule has 1 aromatic heterocycles. The van der Waals surface area contributed by atoms with Gasteiger partial charge in [-0.15, -0.1) is 0 Å². The molecular weight excluding hydrogens is 312 g/mol. The first kappa shape index (κ1) is 15.9. The summed E-state index contributed by atoms with van der Waals surface area (Å²) in [7, 11) is 3.07. The molecule has 0 bridgehead atoms. The van der Waals surface area contributed by atoms with E-state index < -0.39 is 0 Å². The molecule has 1 aromatic carbocycles. The van der Waals surface area contributed by atoms with Crippen LogP contribution in [-0.2, 0) is 6.54 Å². The van der Waals surface area contributed by atoms with E-state index in [4.69, 9.17) is 18.9 Å². The molecule has 0 saturated carbocycles. The molecule has 0 spiro atoms. The third-order valence-corrected chi connectivity index (χ3v) is 3.55. The van der Waals surface area contributed by atoms with Crippen molar-refractivity contribution in [2.45, 2.75) is 6.54 Å². The van der Waals surface area contributed by atoms with Gasteiger partial charge >= 0.3 is 0 Å². The van der Waals surface area contributed by atoms with Crippen molar-refractivity contribution in [2.24, 2.45) is 0 Å². The first-order valence-corrected chi connectivity index (χ1v) is 7.46. The molecule has 3 rings (SSSR count). The monoisotopic (exact) mass is 330 g/mol. The maximum absolute atomic E-state index is 12.4. The Labute approximate surface area is 139 Å². The Morgan fingerprint density at radius 3 is 2.83 bits per heavy atom. The summed E-state index contributed by atoms with van der Waals surface area (Å²) < 4.78 is 21.4. The highest BCUT2D eigenvalue weighted by Crippen LogP contribution is 2.40. The first-order chi connectivity index (χ1) is 11.7. The second-order valence-electron chi connectivity index (χ2n) is 5.09. The number of hydrogen-bond acceptors (Lipinski definition) is 6. The Morgan fingerprint density at radius 2 is 2.04 bits per heavy atom. The van der Waals surface area contributed by atoms with Crippen molar-refractivity contribution < 1.29 is 23.7 Å². The molecule has 0 unspecified atom stereocenters. The molecule has 1 N–H and O–H groups in total. The van der Waals surface area contributed by atoms with Crippen molar-refractivity contribution in [3.05, 3.63) is 41.6 Å². The van der Waals surface area contributed by atoms with Crippen LogP contribution in [0.5, 0.6) is 23.1 Å². The van der Waals surface area contributed by atoms with Crippen LogP contribution >= 0.6 is 0 Å². The van der Waals surface area contributed by atoms with E-state index >= 15 is 0 Å². The Bertz CT molecular complexity index is 731. The molecule has 7 nitrogen and oxygen atoms in total. The van der Waals surface area contributed by atoms with Gasteiger partial charge in [0.1, 0.15) is 13.2 Å². The van der Waals surface area contributed by atoms with Crippen LogP contribution in [0.4, 0.5) is 0 Å². The van der Waals surface area contributed by atoms with Gasteiger partial charge < -0.3 is 24.3 Å². The summed E-state index contributed by atoms with van der Waals surface area (Å²) in [6.45, 7) is 1.26. The van der Waals surface area contributed by atoms with Gasteiger partial charge in [-0.3, -0.25) is 4.79 Å². The third-order valence-electron chi connectivity index (χ3n) is 3.55. The van der Waals surface area contributed by atoms with Gasteiger partial charge in [-0.05, 0) is 23.8 Å². The summed E-state index contributed by atoms with van der Waals surface area (Å²) in [6, 6.07) is 6.87. The molecule has 0 aliphatic carbocycles. The number of hydrogen-bond donors (Lipinski definition) is 1. The Hall–Kier alpha value is -2.96. The van der Waals surface area contributed by atoms with Crippen molar-refractivity contribution >= 4 is 5.91 Å². The van der Waals surface area contributed by atoms with Gasteiger partial charge in [-0.1, -0.05) is 0 Å². The lowest BCUT2D eigenvalue weighted by Crippen LogP contribution is -2.23. The van der Waals surface area contributed by atoms with Gasteiger partial charge in [-0.25, -0.2) is 4.98 Å². The van der Waals surface area contributed by atoms with Crippen molar-refractivity contribution in [3.63, 3.8) is 0 Å². The summed E-state index contributed by atoms with van der Waals surface area (Å²) in [4.78, 5) is 16.4. The van der Waals surface area contributed by atoms with Gasteiger partial charge in [0.25, 0.3) is 5.91 Å². The van der Waals surface area contributed by atoms with Crippen molar-refractivity contribution in [3.8, 4) is 23.1 Å². The summed E-state index contributed by atoms with van der Waals surface area (Å²) in [5.74, 6) is 1.78. The van der Waals surface area contributed by atoms with E-state index in [1.54, 1.807) is 31.5 Å². The number of rotatable bonds is 5. The molecule has 0 saturated heterocycles. The zero-order chi connectivity index (χ0) is 16.9. The minimum Gasteiger partial charge on any atom is -0.493 e. The first-order valence-electron chi connectivity index (χ1n) is 7.46. The Balaban J connectivity index is 1.75. The van der Waals surface area contributed by atoms with Crippen molar-refractivity contribution in [1.82, 2.24) is 10.3 Å². The second-order valence-corrected chi connectivity index (χ2v) is 5.09. The maximum atomic E-state index is 12.4. The number of carbonyl (C=O) groups is 1. The van der Waals surface area contributed by atoms with Crippen LogP contribution in [0.1, 0.15) is 15.9 Å². The van der Waals surface area contributed by atoms with Crippen LogP contribution in [0.2, 0.25) is 0 Å². The van der Waals surface area contributed by atoms with Crippen LogP contribution in [0.15, 0.2) is 30.5 Å². The molecule has 1 aliphatic heterocycles. The quantitative estimate of drug-likeness (QED) is 0.900. The average molecular weight is 330 g/mol. The minimum absolute atomic E-state index is 0.235. The number of nitrogens with zero attached hydrogens (tertiary/aromatic N) is 1. The number of carbonyl (C=O) groups excluding carboxylic acids is 1. The van der Waals surface area contributed by atoms with Gasteiger partial charge in [0.15, 0.2) is 11.5 Å². The summed E-state index contributed by atoms with van der Waals surface area (Å²) in [6.07, 6.45) is 1.63. The molecule has 126 valence electrons. The van der Waals surface area contributed by atoms with Crippen LogP contribution in [-0.4, -0.2) is 38.3 Å². The zero-order valence-corrected chi connectivity index (χ0v) is 13.5. The molecule has 1 amide bonds. The molecule has 2 aromatic rings. The SMILES string of the molecule is COc1cc(CNC(=O)c2cc(OC)c3c(c2)OCCO3)ccn1. The molecule has 24 heavy (non-hydrogen) atoms. The molecular formula is C17H18N2O5. The number of fused-ring (bicyclic) bond motifs is 1. The van der Waals surface area contributed by atoms with Crippen molar-refractivity contribution in [1.29, 1.82) is 0 Å². The Kier molecular flexibility index (Phi) is 4.69. The number of ether oxygens (including phenoxy) is 4. The van der Waals surface area contributed by atoms with E-state index in [2.05, 4.69) is 10.3 Å². The van der Waals surface area contributed by atoms with Gasteiger partial charge in [0.2, 0.25) is 11.6 Å². The van der Waals surface area contributed by atoms with Crippen LogP contribution < -0.4 is 24.3 Å². The number of nitrogens with one attached hydrogen (secondary N) is 1. The topological polar surface area (TPSA) is 78.9 Å². The van der Waals surface area contributed by atoms with E-state index in [9.17, 15) is 4.79 Å². The fraction of sp³-hybridized carbons (Fsp3) is 0.294. The standard InChI is InChI=1S/C17H18N2O5/c1-21-13-8-12(9-14-16(13)24-6-5-23-14)17(20)19-10-11-3-4-18-15(7-11)22-2/h3-4,7-9H,5-6,10H2,1-2H3,(H,19,20). The lowest BCUT2D eigenvalue weighted by atomic mass is 10.1. The lowest BCUT2D eigenvalue weighted by Gasteiger charge is -2.21. The van der Waals surface area contributed by atoms with Gasteiger partial charge in [-0.2, -0.15) is 0 Å². The van der Waals surface area contributed by atoms with E-state index in [0.717, 1.165) is 5.56 Å².